The Hall–Kier alpha value is -0.330. The predicted molar refractivity (Wildman–Crippen MR) is 94.2 cm³/mol. The summed E-state index contributed by atoms with van der Waals surface area (Å²) >= 11 is 0. The Balaban J connectivity index is 1.66. The minimum Gasteiger partial charge on any atom is -0.384 e. The minimum atomic E-state index is 0.122. The van der Waals surface area contributed by atoms with E-state index in [1.165, 1.54) is 57.1 Å². The fourth-order valence-corrected chi connectivity index (χ4v) is 5.27. The quantitative estimate of drug-likeness (QED) is 0.723. The summed E-state index contributed by atoms with van der Waals surface area (Å²) in [5, 5.41) is 4.84. The minimum absolute atomic E-state index is 0.122. The second-order valence-electron chi connectivity index (χ2n) is 9.42. The highest BCUT2D eigenvalue weighted by molar-refractivity contribution is 6.69. The molecule has 4 fully saturated rings. The highest BCUT2D eigenvalue weighted by atomic mass is 15.0. The third kappa shape index (κ3) is 2.94. The van der Waals surface area contributed by atoms with E-state index >= 15 is 0 Å². The van der Waals surface area contributed by atoms with Gasteiger partial charge in [0, 0.05) is 11.2 Å². The van der Waals surface area contributed by atoms with E-state index in [9.17, 15) is 0 Å². The number of rotatable bonds is 4. The van der Waals surface area contributed by atoms with Crippen molar-refractivity contribution >= 4 is 14.6 Å². The van der Waals surface area contributed by atoms with Crippen molar-refractivity contribution in [3.63, 3.8) is 0 Å². The van der Waals surface area contributed by atoms with Crippen LogP contribution in [0.25, 0.3) is 0 Å². The van der Waals surface area contributed by atoms with E-state index in [4.69, 9.17) is 0 Å². The molecule has 3 heteroatoms. The highest BCUT2D eigenvalue weighted by Crippen LogP contribution is 2.71. The van der Waals surface area contributed by atoms with Crippen LogP contribution in [0.3, 0.4) is 0 Å². The number of hydrogen-bond donors (Lipinski definition) is 1. The van der Waals surface area contributed by atoms with Gasteiger partial charge in [-0.15, -0.1) is 0 Å². The molecule has 2 aliphatic heterocycles. The SMILES string of the molecule is C=C(NC(C)(C)C)C12[B]C([B]C3(C)CCCC3)(CCC1)C2. The van der Waals surface area contributed by atoms with Gasteiger partial charge in [0.05, 0.1) is 0 Å². The average Bonchev–Trinajstić information content (AvgIpc) is 2.72. The van der Waals surface area contributed by atoms with Gasteiger partial charge in [-0.05, 0) is 32.5 Å². The molecule has 114 valence electrons. The first-order chi connectivity index (χ1) is 9.66. The fraction of sp³-hybridized carbons (Fsp3) is 0.889. The second-order valence-corrected chi connectivity index (χ2v) is 9.42. The first-order valence-corrected chi connectivity index (χ1v) is 8.88. The van der Waals surface area contributed by atoms with E-state index < -0.39 is 0 Å². The van der Waals surface area contributed by atoms with Gasteiger partial charge in [-0.25, -0.2) is 0 Å². The van der Waals surface area contributed by atoms with Gasteiger partial charge in [0.1, 0.15) is 14.6 Å². The van der Waals surface area contributed by atoms with Crippen LogP contribution >= 0.6 is 0 Å². The van der Waals surface area contributed by atoms with Crippen molar-refractivity contribution in [3.05, 3.63) is 12.3 Å². The molecule has 1 N–H and O–H groups in total. The lowest BCUT2D eigenvalue weighted by Crippen LogP contribution is -2.57. The molecule has 2 unspecified atom stereocenters. The summed E-state index contributed by atoms with van der Waals surface area (Å²) in [6, 6.07) is 0. The van der Waals surface area contributed by atoms with Crippen LogP contribution in [0.5, 0.6) is 0 Å². The Bertz CT molecular complexity index is 423. The molecule has 0 amide bonds. The molecule has 0 spiro atoms. The Morgan fingerprint density at radius 1 is 1.10 bits per heavy atom. The molecule has 2 atom stereocenters. The zero-order valence-corrected chi connectivity index (χ0v) is 14.5. The van der Waals surface area contributed by atoms with Crippen molar-refractivity contribution in [2.45, 2.75) is 100 Å². The number of allylic oxidation sites excluding steroid dienone is 1. The number of fused-ring (bicyclic) bond motifs is 2. The molecule has 0 aromatic heterocycles. The van der Waals surface area contributed by atoms with Crippen molar-refractivity contribution < 1.29 is 0 Å². The van der Waals surface area contributed by atoms with Crippen LogP contribution < -0.4 is 5.32 Å². The molecule has 4 aliphatic rings. The van der Waals surface area contributed by atoms with Crippen molar-refractivity contribution in [1.29, 1.82) is 0 Å². The van der Waals surface area contributed by atoms with Gasteiger partial charge in [-0.1, -0.05) is 69.0 Å². The lowest BCUT2D eigenvalue weighted by molar-refractivity contribution is 0.290. The van der Waals surface area contributed by atoms with Crippen LogP contribution in [0.4, 0.5) is 0 Å². The summed E-state index contributed by atoms with van der Waals surface area (Å²) in [5.41, 5.74) is 1.38. The molecule has 2 saturated carbocycles. The maximum absolute atomic E-state index is 4.40. The predicted octanol–water partition coefficient (Wildman–Crippen LogP) is 4.91. The lowest BCUT2D eigenvalue weighted by atomic mass is 9.08. The first kappa shape index (κ1) is 15.6. The Morgan fingerprint density at radius 3 is 2.29 bits per heavy atom. The van der Waals surface area contributed by atoms with Gasteiger partial charge >= 0.3 is 0 Å². The molecule has 1 nitrogen and oxygen atoms in total. The Morgan fingerprint density at radius 2 is 1.71 bits per heavy atom. The van der Waals surface area contributed by atoms with E-state index in [1.54, 1.807) is 0 Å². The van der Waals surface area contributed by atoms with Gasteiger partial charge in [0.2, 0.25) is 0 Å². The van der Waals surface area contributed by atoms with Crippen LogP contribution in [0, 0.1) is 0 Å². The topological polar surface area (TPSA) is 12.0 Å². The molecule has 4 rings (SSSR count). The molecular weight excluding hydrogens is 252 g/mol. The molecule has 2 aliphatic carbocycles. The standard InChI is InChI=1S/C18H31B2N/c1-14(21-15(2,3)4)17-11-8-12-18(13-17,20-17)19-16(5)9-6-7-10-16/h21H,1,6-13H2,2-5H3. The summed E-state index contributed by atoms with van der Waals surface area (Å²) in [4.78, 5) is 0. The maximum Gasteiger partial charge on any atom is 0.124 e. The van der Waals surface area contributed by atoms with Crippen LogP contribution in [-0.2, 0) is 0 Å². The number of hydrogen-bond acceptors (Lipinski definition) is 1. The maximum atomic E-state index is 4.40. The zero-order valence-electron chi connectivity index (χ0n) is 14.5. The first-order valence-electron chi connectivity index (χ1n) is 8.88. The summed E-state index contributed by atoms with van der Waals surface area (Å²) in [6.45, 7) is 13.6. The molecule has 2 bridgehead atoms. The van der Waals surface area contributed by atoms with E-state index in [2.05, 4.69) is 54.1 Å². The Kier molecular flexibility index (Phi) is 3.58. The van der Waals surface area contributed by atoms with E-state index in [1.807, 2.05) is 0 Å². The highest BCUT2D eigenvalue weighted by Gasteiger charge is 2.60. The summed E-state index contributed by atoms with van der Waals surface area (Å²) < 4.78 is 0. The third-order valence-electron chi connectivity index (χ3n) is 5.98. The molecule has 2 heterocycles. The Labute approximate surface area is 133 Å². The van der Waals surface area contributed by atoms with Crippen molar-refractivity contribution in [2.24, 2.45) is 0 Å². The summed E-state index contributed by atoms with van der Waals surface area (Å²) in [5.74, 6) is 0. The molecule has 21 heavy (non-hydrogen) atoms. The summed E-state index contributed by atoms with van der Waals surface area (Å²) in [7, 11) is 5.41. The van der Waals surface area contributed by atoms with Crippen molar-refractivity contribution in [2.75, 3.05) is 0 Å². The lowest BCUT2D eigenvalue weighted by Gasteiger charge is -2.63. The number of nitrogens with one attached hydrogen (secondary N) is 1. The molecule has 2 saturated heterocycles. The van der Waals surface area contributed by atoms with Crippen LogP contribution in [0.1, 0.15) is 79.1 Å². The van der Waals surface area contributed by atoms with Crippen LogP contribution in [-0.4, -0.2) is 20.1 Å². The van der Waals surface area contributed by atoms with Gasteiger partial charge < -0.3 is 5.32 Å². The molecular formula is C18H31B2N. The molecule has 0 aromatic carbocycles. The van der Waals surface area contributed by atoms with E-state index in [0.29, 0.717) is 10.5 Å². The smallest absolute Gasteiger partial charge is 0.124 e. The van der Waals surface area contributed by atoms with Crippen molar-refractivity contribution in [1.82, 2.24) is 5.32 Å². The van der Waals surface area contributed by atoms with Gasteiger partial charge in [0.25, 0.3) is 0 Å². The van der Waals surface area contributed by atoms with Gasteiger partial charge in [-0.3, -0.25) is 0 Å². The van der Waals surface area contributed by atoms with Crippen molar-refractivity contribution in [3.8, 4) is 0 Å². The monoisotopic (exact) mass is 283 g/mol. The van der Waals surface area contributed by atoms with Crippen LogP contribution in [0.15, 0.2) is 12.3 Å². The van der Waals surface area contributed by atoms with E-state index in [-0.39, 0.29) is 10.9 Å². The average molecular weight is 283 g/mol. The molecule has 2 radical (unpaired) electrons. The summed E-state index contributed by atoms with van der Waals surface area (Å²) in [6.07, 6.45) is 11.0. The van der Waals surface area contributed by atoms with E-state index in [0.717, 1.165) is 0 Å². The van der Waals surface area contributed by atoms with Crippen LogP contribution in [0.2, 0.25) is 15.8 Å². The largest absolute Gasteiger partial charge is 0.384 e. The van der Waals surface area contributed by atoms with Gasteiger partial charge in [-0.2, -0.15) is 0 Å². The third-order valence-corrected chi connectivity index (χ3v) is 5.98. The zero-order chi connectivity index (χ0) is 15.4. The normalized spacial score (nSPS) is 37.3. The fourth-order valence-electron chi connectivity index (χ4n) is 5.27. The second kappa shape index (κ2) is 4.83. The molecule has 0 aromatic rings. The van der Waals surface area contributed by atoms with Gasteiger partial charge in [0.15, 0.2) is 0 Å².